The number of carbonyl (C=O) groups is 1. The maximum Gasteiger partial charge on any atom is 0.251 e. The molecule has 0 aliphatic heterocycles. The minimum atomic E-state index is -0.166. The Hall–Kier alpha value is -3.71. The first-order chi connectivity index (χ1) is 15.3. The number of nitrogens with one attached hydrogen (secondary N) is 2. The number of benzene rings is 1. The van der Waals surface area contributed by atoms with Crippen molar-refractivity contribution in [2.45, 2.75) is 39.4 Å². The van der Waals surface area contributed by atoms with E-state index in [4.69, 9.17) is 10.7 Å². The molecule has 0 saturated heterocycles. The Kier molecular flexibility index (Phi) is 5.92. The molecule has 164 valence electrons. The van der Waals surface area contributed by atoms with Crippen molar-refractivity contribution in [3.63, 3.8) is 0 Å². The zero-order valence-electron chi connectivity index (χ0n) is 18.6. The van der Waals surface area contributed by atoms with Crippen molar-refractivity contribution < 1.29 is 4.79 Å². The van der Waals surface area contributed by atoms with Crippen LogP contribution >= 0.6 is 0 Å². The molecule has 0 radical (unpaired) electrons. The van der Waals surface area contributed by atoms with E-state index in [2.05, 4.69) is 36.4 Å². The molecule has 3 heterocycles. The van der Waals surface area contributed by atoms with E-state index in [-0.39, 0.29) is 11.4 Å². The summed E-state index contributed by atoms with van der Waals surface area (Å²) in [6, 6.07) is 15.4. The quantitative estimate of drug-likeness (QED) is 0.431. The largest absolute Gasteiger partial charge is 0.365 e. The van der Waals surface area contributed by atoms with Gasteiger partial charge in [-0.3, -0.25) is 14.2 Å². The van der Waals surface area contributed by atoms with Crippen LogP contribution in [-0.2, 0) is 13.1 Å². The number of rotatable bonds is 6. The molecule has 3 aromatic heterocycles. The van der Waals surface area contributed by atoms with Crippen LogP contribution < -0.4 is 16.4 Å². The molecule has 0 fully saturated rings. The van der Waals surface area contributed by atoms with Crippen LogP contribution in [0.4, 0.5) is 5.82 Å². The van der Waals surface area contributed by atoms with Gasteiger partial charge in [-0.25, -0.2) is 4.98 Å². The number of nitrogens with zero attached hydrogens (tertiary/aromatic N) is 3. The standard InChI is InChI=1S/C25H28N6O/c1-25(2,3)30-23-22(20-8-5-10-27-16-20)29-21-13-19(9-11-31(21)23)24(32)28-15-18-7-4-6-17(12-18)14-26/h4-13,16,30H,14-15,26H2,1-3H3,(H,28,32). The molecular weight excluding hydrogens is 400 g/mol. The van der Waals surface area contributed by atoms with Gasteiger partial charge in [-0.05, 0) is 56.2 Å². The molecule has 0 saturated carbocycles. The van der Waals surface area contributed by atoms with Crippen molar-refractivity contribution in [2.24, 2.45) is 5.73 Å². The number of hydrogen-bond acceptors (Lipinski definition) is 5. The summed E-state index contributed by atoms with van der Waals surface area (Å²) in [5.74, 6) is 0.716. The van der Waals surface area contributed by atoms with Crippen molar-refractivity contribution in [2.75, 3.05) is 5.32 Å². The third-order valence-corrected chi connectivity index (χ3v) is 5.00. The summed E-state index contributed by atoms with van der Waals surface area (Å²) in [7, 11) is 0. The average Bonchev–Trinajstić information content (AvgIpc) is 3.14. The average molecular weight is 429 g/mol. The second kappa shape index (κ2) is 8.80. The summed E-state index contributed by atoms with van der Waals surface area (Å²) >= 11 is 0. The molecule has 7 nitrogen and oxygen atoms in total. The summed E-state index contributed by atoms with van der Waals surface area (Å²) in [6.07, 6.45) is 5.40. The first-order valence-electron chi connectivity index (χ1n) is 10.6. The van der Waals surface area contributed by atoms with Gasteiger partial charge in [0, 0.05) is 48.3 Å². The van der Waals surface area contributed by atoms with Crippen LogP contribution in [0.1, 0.15) is 42.3 Å². The fraction of sp³-hybridized carbons (Fsp3) is 0.240. The van der Waals surface area contributed by atoms with Gasteiger partial charge >= 0.3 is 0 Å². The van der Waals surface area contributed by atoms with E-state index in [0.717, 1.165) is 28.2 Å². The van der Waals surface area contributed by atoms with Crippen molar-refractivity contribution in [3.8, 4) is 11.3 Å². The van der Waals surface area contributed by atoms with Gasteiger partial charge < -0.3 is 16.4 Å². The Morgan fingerprint density at radius 1 is 1.09 bits per heavy atom. The number of amides is 1. The molecule has 32 heavy (non-hydrogen) atoms. The Bertz CT molecular complexity index is 1240. The third-order valence-electron chi connectivity index (χ3n) is 5.00. The monoisotopic (exact) mass is 428 g/mol. The number of nitrogens with two attached hydrogens (primary N) is 1. The van der Waals surface area contributed by atoms with Gasteiger partial charge in [0.05, 0.1) is 0 Å². The van der Waals surface area contributed by atoms with Gasteiger partial charge in [0.15, 0.2) is 0 Å². The van der Waals surface area contributed by atoms with E-state index in [1.807, 2.05) is 47.0 Å². The molecule has 7 heteroatoms. The van der Waals surface area contributed by atoms with Gasteiger partial charge in [0.25, 0.3) is 5.91 Å². The first kappa shape index (κ1) is 21.5. The SMILES string of the molecule is CC(C)(C)Nc1c(-c2cccnc2)nc2cc(C(=O)NCc3cccc(CN)c3)ccn12. The molecule has 0 aliphatic rings. The zero-order valence-corrected chi connectivity index (χ0v) is 18.6. The summed E-state index contributed by atoms with van der Waals surface area (Å²) < 4.78 is 1.97. The predicted molar refractivity (Wildman–Crippen MR) is 127 cm³/mol. The van der Waals surface area contributed by atoms with Crippen LogP contribution in [0.2, 0.25) is 0 Å². The number of anilines is 1. The van der Waals surface area contributed by atoms with Gasteiger partial charge in [0.2, 0.25) is 0 Å². The topological polar surface area (TPSA) is 97.3 Å². The molecule has 0 atom stereocenters. The molecule has 4 N–H and O–H groups in total. The van der Waals surface area contributed by atoms with Gasteiger partial charge in [0.1, 0.15) is 17.2 Å². The lowest BCUT2D eigenvalue weighted by molar-refractivity contribution is 0.0951. The Labute approximate surface area is 187 Å². The Balaban J connectivity index is 1.64. The molecule has 4 aromatic rings. The normalized spacial score (nSPS) is 11.5. The van der Waals surface area contributed by atoms with E-state index < -0.39 is 0 Å². The number of hydrogen-bond donors (Lipinski definition) is 3. The molecular formula is C25H28N6O. The smallest absolute Gasteiger partial charge is 0.251 e. The highest BCUT2D eigenvalue weighted by Gasteiger charge is 2.20. The van der Waals surface area contributed by atoms with Crippen LogP contribution in [0, 0.1) is 0 Å². The zero-order chi connectivity index (χ0) is 22.7. The van der Waals surface area contributed by atoms with Crippen LogP contribution in [0.25, 0.3) is 16.9 Å². The first-order valence-corrected chi connectivity index (χ1v) is 10.6. The van der Waals surface area contributed by atoms with Gasteiger partial charge in [-0.2, -0.15) is 0 Å². The maximum absolute atomic E-state index is 12.8. The van der Waals surface area contributed by atoms with E-state index >= 15 is 0 Å². The lowest BCUT2D eigenvalue weighted by Gasteiger charge is -2.22. The van der Waals surface area contributed by atoms with Crippen molar-refractivity contribution in [1.29, 1.82) is 0 Å². The molecule has 1 aromatic carbocycles. The highest BCUT2D eigenvalue weighted by atomic mass is 16.1. The lowest BCUT2D eigenvalue weighted by atomic mass is 10.1. The van der Waals surface area contributed by atoms with Crippen LogP contribution in [-0.4, -0.2) is 25.8 Å². The number of pyridine rings is 2. The maximum atomic E-state index is 12.8. The highest BCUT2D eigenvalue weighted by molar-refractivity contribution is 5.95. The van der Waals surface area contributed by atoms with E-state index in [0.29, 0.717) is 24.3 Å². The van der Waals surface area contributed by atoms with E-state index in [9.17, 15) is 4.79 Å². The lowest BCUT2D eigenvalue weighted by Crippen LogP contribution is -2.27. The number of aromatic nitrogens is 3. The molecule has 0 spiro atoms. The fourth-order valence-corrected chi connectivity index (χ4v) is 3.52. The fourth-order valence-electron chi connectivity index (χ4n) is 3.52. The van der Waals surface area contributed by atoms with Crippen molar-refractivity contribution >= 4 is 17.4 Å². The summed E-state index contributed by atoms with van der Waals surface area (Å²) in [6.45, 7) is 7.20. The highest BCUT2D eigenvalue weighted by Crippen LogP contribution is 2.30. The minimum absolute atomic E-state index is 0.151. The minimum Gasteiger partial charge on any atom is -0.365 e. The third kappa shape index (κ3) is 4.78. The van der Waals surface area contributed by atoms with Crippen LogP contribution in [0.3, 0.4) is 0 Å². The van der Waals surface area contributed by atoms with E-state index in [1.165, 1.54) is 0 Å². The van der Waals surface area contributed by atoms with Gasteiger partial charge in [-0.1, -0.05) is 24.3 Å². The second-order valence-electron chi connectivity index (χ2n) is 8.78. The Morgan fingerprint density at radius 2 is 1.91 bits per heavy atom. The van der Waals surface area contributed by atoms with Crippen molar-refractivity contribution in [1.82, 2.24) is 19.7 Å². The van der Waals surface area contributed by atoms with Gasteiger partial charge in [-0.15, -0.1) is 0 Å². The molecule has 0 unspecified atom stereocenters. The number of imidazole rings is 1. The van der Waals surface area contributed by atoms with E-state index in [1.54, 1.807) is 24.5 Å². The summed E-state index contributed by atoms with van der Waals surface area (Å²) in [5.41, 5.74) is 10.5. The summed E-state index contributed by atoms with van der Waals surface area (Å²) in [4.78, 5) is 21.9. The van der Waals surface area contributed by atoms with Crippen molar-refractivity contribution in [3.05, 3.63) is 83.8 Å². The van der Waals surface area contributed by atoms with Crippen LogP contribution in [0.15, 0.2) is 67.1 Å². The second-order valence-corrected chi connectivity index (χ2v) is 8.78. The number of carbonyl (C=O) groups excluding carboxylic acids is 1. The molecule has 1 amide bonds. The molecule has 0 aliphatic carbocycles. The molecule has 4 rings (SSSR count). The molecule has 0 bridgehead atoms. The summed E-state index contributed by atoms with van der Waals surface area (Å²) in [5, 5.41) is 6.52. The number of fused-ring (bicyclic) bond motifs is 1. The predicted octanol–water partition coefficient (Wildman–Crippen LogP) is 4.00. The van der Waals surface area contributed by atoms with Crippen LogP contribution in [0.5, 0.6) is 0 Å². The Morgan fingerprint density at radius 3 is 2.62 bits per heavy atom.